The molecule has 1 aliphatic carbocycles. The van der Waals surface area contributed by atoms with Crippen molar-refractivity contribution in [1.82, 2.24) is 5.32 Å². The minimum absolute atomic E-state index is 0.113. The van der Waals surface area contributed by atoms with Crippen LogP contribution in [0.3, 0.4) is 0 Å². The number of rotatable bonds is 2. The van der Waals surface area contributed by atoms with Gasteiger partial charge in [-0.3, -0.25) is 4.79 Å². The van der Waals surface area contributed by atoms with Crippen molar-refractivity contribution < 1.29 is 14.3 Å². The molecule has 2 aromatic rings. The second kappa shape index (κ2) is 6.55. The maximum Gasteiger partial charge on any atom is 0.336 e. The zero-order valence-corrected chi connectivity index (χ0v) is 16.1. The van der Waals surface area contributed by atoms with Crippen LogP contribution in [0, 0.1) is 0 Å². The second-order valence-electron chi connectivity index (χ2n) is 6.43. The van der Waals surface area contributed by atoms with Crippen LogP contribution in [-0.2, 0) is 9.53 Å². The van der Waals surface area contributed by atoms with Crippen molar-refractivity contribution in [3.8, 4) is 0 Å². The third kappa shape index (κ3) is 2.68. The SMILES string of the molecule is COC(=O)C1=C(C)NC2=C(C(=O)c3ccccc32)[C@@H]1c1ccc(Cl)c(Cl)c1. The molecule has 0 bridgehead atoms. The summed E-state index contributed by atoms with van der Waals surface area (Å²) in [5, 5.41) is 4.00. The number of benzene rings is 2. The van der Waals surface area contributed by atoms with Gasteiger partial charge in [-0.05, 0) is 24.6 Å². The Balaban J connectivity index is 1.97. The van der Waals surface area contributed by atoms with Crippen molar-refractivity contribution in [2.45, 2.75) is 12.8 Å². The quantitative estimate of drug-likeness (QED) is 0.741. The molecule has 6 heteroatoms. The Bertz CT molecular complexity index is 1070. The maximum atomic E-state index is 13.2. The molecule has 0 spiro atoms. The summed E-state index contributed by atoms with van der Waals surface area (Å²) in [6, 6.07) is 12.5. The lowest BCUT2D eigenvalue weighted by Crippen LogP contribution is -2.29. The molecule has 0 fully saturated rings. The molecule has 0 unspecified atom stereocenters. The first-order valence-corrected chi connectivity index (χ1v) is 9.09. The first-order chi connectivity index (χ1) is 12.9. The number of methoxy groups -OCH3 is 1. The molecular weight excluding hydrogens is 385 g/mol. The molecule has 2 aliphatic rings. The molecule has 27 heavy (non-hydrogen) atoms. The van der Waals surface area contributed by atoms with E-state index in [0.717, 1.165) is 11.3 Å². The monoisotopic (exact) mass is 399 g/mol. The predicted molar refractivity (Wildman–Crippen MR) is 105 cm³/mol. The lowest BCUT2D eigenvalue weighted by molar-refractivity contribution is -0.136. The van der Waals surface area contributed by atoms with Gasteiger partial charge in [0.05, 0.1) is 28.4 Å². The number of esters is 1. The number of ether oxygens (including phenoxy) is 1. The van der Waals surface area contributed by atoms with E-state index in [2.05, 4.69) is 5.32 Å². The molecule has 1 atom stereocenters. The molecule has 136 valence electrons. The summed E-state index contributed by atoms with van der Waals surface area (Å²) in [5.41, 5.74) is 4.40. The number of dihydropyridines is 1. The van der Waals surface area contributed by atoms with Crippen LogP contribution in [0.25, 0.3) is 5.70 Å². The van der Waals surface area contributed by atoms with Crippen molar-refractivity contribution in [2.75, 3.05) is 7.11 Å². The number of allylic oxidation sites excluding steroid dienone is 2. The lowest BCUT2D eigenvalue weighted by atomic mass is 9.80. The Kier molecular flexibility index (Phi) is 4.33. The predicted octanol–water partition coefficient (Wildman–Crippen LogP) is 4.73. The van der Waals surface area contributed by atoms with Crippen molar-refractivity contribution in [3.63, 3.8) is 0 Å². The van der Waals surface area contributed by atoms with Crippen molar-refractivity contribution in [1.29, 1.82) is 0 Å². The Morgan fingerprint density at radius 1 is 1.07 bits per heavy atom. The van der Waals surface area contributed by atoms with Gasteiger partial charge < -0.3 is 10.1 Å². The highest BCUT2D eigenvalue weighted by Crippen LogP contribution is 2.47. The molecule has 0 aromatic heterocycles. The van der Waals surface area contributed by atoms with Crippen LogP contribution < -0.4 is 5.32 Å². The summed E-state index contributed by atoms with van der Waals surface area (Å²) >= 11 is 12.3. The van der Waals surface area contributed by atoms with E-state index in [0.29, 0.717) is 38.0 Å². The van der Waals surface area contributed by atoms with Gasteiger partial charge in [0.15, 0.2) is 5.78 Å². The average molecular weight is 400 g/mol. The number of halogens is 2. The third-order valence-electron chi connectivity index (χ3n) is 4.93. The van der Waals surface area contributed by atoms with E-state index in [1.165, 1.54) is 7.11 Å². The molecule has 2 aromatic carbocycles. The summed E-state index contributed by atoms with van der Waals surface area (Å²) in [7, 11) is 1.32. The first kappa shape index (κ1) is 17.8. The van der Waals surface area contributed by atoms with Crippen LogP contribution in [0.2, 0.25) is 10.0 Å². The smallest absolute Gasteiger partial charge is 0.336 e. The fourth-order valence-corrected chi connectivity index (χ4v) is 4.04. The molecular formula is C21H15Cl2NO3. The van der Waals surface area contributed by atoms with E-state index < -0.39 is 11.9 Å². The van der Waals surface area contributed by atoms with E-state index >= 15 is 0 Å². The minimum Gasteiger partial charge on any atom is -0.466 e. The van der Waals surface area contributed by atoms with Gasteiger partial charge in [0.25, 0.3) is 0 Å². The van der Waals surface area contributed by atoms with Gasteiger partial charge in [-0.15, -0.1) is 0 Å². The zero-order chi connectivity index (χ0) is 19.3. The van der Waals surface area contributed by atoms with Gasteiger partial charge in [0.2, 0.25) is 0 Å². The minimum atomic E-state index is -0.594. The molecule has 1 heterocycles. The normalized spacial score (nSPS) is 18.2. The van der Waals surface area contributed by atoms with Crippen LogP contribution in [-0.4, -0.2) is 18.9 Å². The summed E-state index contributed by atoms with van der Waals surface area (Å²) < 4.78 is 5.00. The summed E-state index contributed by atoms with van der Waals surface area (Å²) in [4.78, 5) is 25.8. The van der Waals surface area contributed by atoms with Gasteiger partial charge >= 0.3 is 5.97 Å². The van der Waals surface area contributed by atoms with Crippen molar-refractivity contribution in [3.05, 3.63) is 86.0 Å². The molecule has 4 nitrogen and oxygen atoms in total. The Hall–Kier alpha value is -2.56. The number of hydrogen-bond donors (Lipinski definition) is 1. The molecule has 1 N–H and O–H groups in total. The number of Topliss-reactive ketones (excluding diaryl/α,β-unsaturated/α-hetero) is 1. The number of hydrogen-bond acceptors (Lipinski definition) is 4. The molecule has 0 saturated carbocycles. The Labute approximate surface area is 166 Å². The number of carbonyl (C=O) groups is 2. The lowest BCUT2D eigenvalue weighted by Gasteiger charge is -2.29. The number of fused-ring (bicyclic) bond motifs is 2. The van der Waals surface area contributed by atoms with E-state index in [1.807, 2.05) is 18.2 Å². The topological polar surface area (TPSA) is 55.4 Å². The fourth-order valence-electron chi connectivity index (χ4n) is 3.73. The largest absolute Gasteiger partial charge is 0.466 e. The molecule has 0 amide bonds. The average Bonchev–Trinajstić information content (AvgIpc) is 2.95. The van der Waals surface area contributed by atoms with Gasteiger partial charge in [0.1, 0.15) is 0 Å². The molecule has 1 aliphatic heterocycles. The van der Waals surface area contributed by atoms with Crippen LogP contribution in [0.15, 0.2) is 59.3 Å². The van der Waals surface area contributed by atoms with E-state index in [9.17, 15) is 9.59 Å². The molecule has 0 saturated heterocycles. The van der Waals surface area contributed by atoms with Crippen LogP contribution in [0.1, 0.15) is 34.3 Å². The Morgan fingerprint density at radius 3 is 2.44 bits per heavy atom. The first-order valence-electron chi connectivity index (χ1n) is 8.33. The summed E-state index contributed by atoms with van der Waals surface area (Å²) in [5.74, 6) is -1.20. The standard InChI is InChI=1S/C21H15Cl2NO3/c1-10-16(21(26)27-2)17(11-7-8-14(22)15(23)9-11)18-19(24-10)12-5-3-4-6-13(12)20(18)25/h3-9,17,24H,1-2H3/t17-/m1/s1. The highest BCUT2D eigenvalue weighted by Gasteiger charge is 2.42. The highest BCUT2D eigenvalue weighted by atomic mass is 35.5. The van der Waals surface area contributed by atoms with E-state index in [1.54, 1.807) is 31.2 Å². The van der Waals surface area contributed by atoms with E-state index in [4.69, 9.17) is 27.9 Å². The summed E-state index contributed by atoms with van der Waals surface area (Å²) in [6.45, 7) is 1.80. The van der Waals surface area contributed by atoms with Gasteiger partial charge in [-0.2, -0.15) is 0 Å². The number of ketones is 1. The third-order valence-corrected chi connectivity index (χ3v) is 5.67. The van der Waals surface area contributed by atoms with Crippen LogP contribution >= 0.6 is 23.2 Å². The van der Waals surface area contributed by atoms with Crippen LogP contribution in [0.5, 0.6) is 0 Å². The van der Waals surface area contributed by atoms with Gasteiger partial charge in [-0.1, -0.05) is 53.5 Å². The van der Waals surface area contributed by atoms with Crippen LogP contribution in [0.4, 0.5) is 0 Å². The van der Waals surface area contributed by atoms with Gasteiger partial charge in [-0.25, -0.2) is 4.79 Å². The Morgan fingerprint density at radius 2 is 1.78 bits per heavy atom. The molecule has 0 radical (unpaired) electrons. The summed E-state index contributed by atoms with van der Waals surface area (Å²) in [6.07, 6.45) is 0. The fraction of sp³-hybridized carbons (Fsp3) is 0.143. The molecule has 4 rings (SSSR count). The van der Waals surface area contributed by atoms with Crippen molar-refractivity contribution in [2.24, 2.45) is 0 Å². The highest BCUT2D eigenvalue weighted by molar-refractivity contribution is 6.42. The number of carbonyl (C=O) groups excluding carboxylic acids is 2. The van der Waals surface area contributed by atoms with E-state index in [-0.39, 0.29) is 5.78 Å². The zero-order valence-electron chi connectivity index (χ0n) is 14.6. The van der Waals surface area contributed by atoms with Crippen molar-refractivity contribution >= 4 is 40.7 Å². The maximum absolute atomic E-state index is 13.2. The van der Waals surface area contributed by atoms with Gasteiger partial charge in [0, 0.05) is 28.3 Å². The number of nitrogens with one attached hydrogen (secondary N) is 1. The second-order valence-corrected chi connectivity index (χ2v) is 7.24.